The van der Waals surface area contributed by atoms with E-state index in [0.717, 1.165) is 26.2 Å². The normalized spacial score (nSPS) is 10.6. The molecule has 0 fully saturated rings. The SMILES string of the molecule is CCOCCCNCCOc1cccc(C)c1F. The molecule has 0 aliphatic heterocycles. The zero-order chi connectivity index (χ0) is 13.2. The van der Waals surface area contributed by atoms with Crippen molar-refractivity contribution in [3.63, 3.8) is 0 Å². The van der Waals surface area contributed by atoms with Gasteiger partial charge in [-0.05, 0) is 38.4 Å². The van der Waals surface area contributed by atoms with Crippen LogP contribution in [0.2, 0.25) is 0 Å². The molecule has 0 saturated heterocycles. The topological polar surface area (TPSA) is 30.5 Å². The fourth-order valence-electron chi connectivity index (χ4n) is 1.53. The number of nitrogens with one attached hydrogen (secondary N) is 1. The Labute approximate surface area is 108 Å². The van der Waals surface area contributed by atoms with Crippen molar-refractivity contribution in [3.8, 4) is 5.75 Å². The minimum atomic E-state index is -0.270. The summed E-state index contributed by atoms with van der Waals surface area (Å²) in [6, 6.07) is 5.18. The molecule has 0 aromatic heterocycles. The maximum Gasteiger partial charge on any atom is 0.167 e. The van der Waals surface area contributed by atoms with Gasteiger partial charge in [0.25, 0.3) is 0 Å². The summed E-state index contributed by atoms with van der Waals surface area (Å²) in [6.45, 7) is 7.31. The highest BCUT2D eigenvalue weighted by molar-refractivity contribution is 5.29. The summed E-state index contributed by atoms with van der Waals surface area (Å²) in [6.07, 6.45) is 0.979. The number of rotatable bonds is 9. The number of ether oxygens (including phenoxy) is 2. The average Bonchev–Trinajstić information content (AvgIpc) is 2.37. The van der Waals surface area contributed by atoms with Crippen molar-refractivity contribution >= 4 is 0 Å². The van der Waals surface area contributed by atoms with Crippen LogP contribution < -0.4 is 10.1 Å². The van der Waals surface area contributed by atoms with Gasteiger partial charge in [-0.3, -0.25) is 0 Å². The molecule has 0 amide bonds. The molecule has 1 rings (SSSR count). The van der Waals surface area contributed by atoms with Gasteiger partial charge in [0.05, 0.1) is 0 Å². The quantitative estimate of drug-likeness (QED) is 0.688. The van der Waals surface area contributed by atoms with Gasteiger partial charge in [-0.15, -0.1) is 0 Å². The molecule has 1 N–H and O–H groups in total. The molecule has 1 aromatic rings. The second kappa shape index (κ2) is 8.89. The summed E-state index contributed by atoms with van der Waals surface area (Å²) in [4.78, 5) is 0. The molecule has 3 nitrogen and oxygen atoms in total. The highest BCUT2D eigenvalue weighted by Crippen LogP contribution is 2.19. The van der Waals surface area contributed by atoms with Gasteiger partial charge in [-0.25, -0.2) is 4.39 Å². The summed E-state index contributed by atoms with van der Waals surface area (Å²) in [5.41, 5.74) is 0.608. The lowest BCUT2D eigenvalue weighted by Gasteiger charge is -2.09. The zero-order valence-electron chi connectivity index (χ0n) is 11.2. The van der Waals surface area contributed by atoms with Crippen LogP contribution in [0.3, 0.4) is 0 Å². The number of halogens is 1. The molecule has 4 heteroatoms. The van der Waals surface area contributed by atoms with Gasteiger partial charge in [-0.1, -0.05) is 12.1 Å². The summed E-state index contributed by atoms with van der Waals surface area (Å²) >= 11 is 0. The van der Waals surface area contributed by atoms with Crippen LogP contribution in [0.4, 0.5) is 4.39 Å². The van der Waals surface area contributed by atoms with Crippen molar-refractivity contribution in [2.45, 2.75) is 20.3 Å². The molecule has 0 aliphatic rings. The Morgan fingerprint density at radius 2 is 2.06 bits per heavy atom. The number of benzene rings is 1. The number of hydrogen-bond acceptors (Lipinski definition) is 3. The average molecular weight is 255 g/mol. The van der Waals surface area contributed by atoms with Crippen LogP contribution in [0.5, 0.6) is 5.75 Å². The fraction of sp³-hybridized carbons (Fsp3) is 0.571. The summed E-state index contributed by atoms with van der Waals surface area (Å²) in [5, 5.41) is 3.22. The third-order valence-corrected chi connectivity index (χ3v) is 2.54. The van der Waals surface area contributed by atoms with Crippen LogP contribution in [0.15, 0.2) is 18.2 Å². The molecule has 0 heterocycles. The zero-order valence-corrected chi connectivity index (χ0v) is 11.2. The molecule has 0 saturated carbocycles. The van der Waals surface area contributed by atoms with E-state index in [4.69, 9.17) is 9.47 Å². The van der Waals surface area contributed by atoms with E-state index < -0.39 is 0 Å². The Kier molecular flexibility index (Phi) is 7.37. The fourth-order valence-corrected chi connectivity index (χ4v) is 1.53. The molecular weight excluding hydrogens is 233 g/mol. The molecule has 18 heavy (non-hydrogen) atoms. The lowest BCUT2D eigenvalue weighted by Crippen LogP contribution is -2.23. The molecule has 0 unspecified atom stereocenters. The van der Waals surface area contributed by atoms with E-state index in [1.54, 1.807) is 25.1 Å². The summed E-state index contributed by atoms with van der Waals surface area (Å²) in [5.74, 6) is 0.0555. The first-order valence-corrected chi connectivity index (χ1v) is 6.42. The van der Waals surface area contributed by atoms with E-state index in [-0.39, 0.29) is 5.82 Å². The Balaban J connectivity index is 2.09. The Hall–Kier alpha value is -1.13. The third-order valence-electron chi connectivity index (χ3n) is 2.54. The largest absolute Gasteiger partial charge is 0.489 e. The summed E-state index contributed by atoms with van der Waals surface area (Å²) < 4.78 is 24.1. The number of hydrogen-bond donors (Lipinski definition) is 1. The molecular formula is C14H22FNO2. The van der Waals surface area contributed by atoms with E-state index in [9.17, 15) is 4.39 Å². The highest BCUT2D eigenvalue weighted by Gasteiger charge is 2.04. The van der Waals surface area contributed by atoms with E-state index in [0.29, 0.717) is 24.5 Å². The van der Waals surface area contributed by atoms with Crippen LogP contribution >= 0.6 is 0 Å². The van der Waals surface area contributed by atoms with E-state index in [2.05, 4.69) is 5.32 Å². The monoisotopic (exact) mass is 255 g/mol. The van der Waals surface area contributed by atoms with Gasteiger partial charge >= 0.3 is 0 Å². The van der Waals surface area contributed by atoms with Gasteiger partial charge < -0.3 is 14.8 Å². The highest BCUT2D eigenvalue weighted by atomic mass is 19.1. The third kappa shape index (κ3) is 5.47. The second-order valence-electron chi connectivity index (χ2n) is 4.04. The smallest absolute Gasteiger partial charge is 0.167 e. The minimum absolute atomic E-state index is 0.270. The minimum Gasteiger partial charge on any atom is -0.489 e. The Morgan fingerprint density at radius 1 is 1.22 bits per heavy atom. The van der Waals surface area contributed by atoms with E-state index in [1.807, 2.05) is 6.92 Å². The lowest BCUT2D eigenvalue weighted by atomic mass is 10.2. The maximum absolute atomic E-state index is 13.6. The molecule has 0 radical (unpaired) electrons. The molecule has 0 atom stereocenters. The van der Waals surface area contributed by atoms with Crippen molar-refractivity contribution in [2.24, 2.45) is 0 Å². The lowest BCUT2D eigenvalue weighted by molar-refractivity contribution is 0.144. The number of aryl methyl sites for hydroxylation is 1. The standard InChI is InChI=1S/C14H22FNO2/c1-3-17-10-5-8-16-9-11-18-13-7-4-6-12(2)14(13)15/h4,6-7,16H,3,5,8-11H2,1-2H3. The van der Waals surface area contributed by atoms with Crippen LogP contribution in [0.25, 0.3) is 0 Å². The van der Waals surface area contributed by atoms with Crippen LogP contribution in [-0.4, -0.2) is 32.9 Å². The van der Waals surface area contributed by atoms with Crippen LogP contribution in [-0.2, 0) is 4.74 Å². The van der Waals surface area contributed by atoms with Gasteiger partial charge in [-0.2, -0.15) is 0 Å². The van der Waals surface area contributed by atoms with Crippen molar-refractivity contribution < 1.29 is 13.9 Å². The van der Waals surface area contributed by atoms with Crippen molar-refractivity contribution in [2.75, 3.05) is 32.9 Å². The maximum atomic E-state index is 13.6. The predicted molar refractivity (Wildman–Crippen MR) is 70.6 cm³/mol. The molecule has 0 bridgehead atoms. The van der Waals surface area contributed by atoms with E-state index in [1.165, 1.54) is 0 Å². The van der Waals surface area contributed by atoms with Crippen molar-refractivity contribution in [1.82, 2.24) is 5.32 Å². The summed E-state index contributed by atoms with van der Waals surface area (Å²) in [7, 11) is 0. The predicted octanol–water partition coefficient (Wildman–Crippen LogP) is 2.53. The Bertz CT molecular complexity index is 345. The second-order valence-corrected chi connectivity index (χ2v) is 4.04. The van der Waals surface area contributed by atoms with Crippen LogP contribution in [0, 0.1) is 12.7 Å². The van der Waals surface area contributed by atoms with Gasteiger partial charge in [0, 0.05) is 19.8 Å². The first-order chi connectivity index (χ1) is 8.75. The van der Waals surface area contributed by atoms with Gasteiger partial charge in [0.2, 0.25) is 0 Å². The first kappa shape index (κ1) is 14.9. The Morgan fingerprint density at radius 3 is 2.83 bits per heavy atom. The molecule has 0 aliphatic carbocycles. The van der Waals surface area contributed by atoms with Gasteiger partial charge in [0.1, 0.15) is 6.61 Å². The first-order valence-electron chi connectivity index (χ1n) is 6.42. The molecule has 1 aromatic carbocycles. The van der Waals surface area contributed by atoms with Gasteiger partial charge in [0.15, 0.2) is 11.6 Å². The van der Waals surface area contributed by atoms with Crippen LogP contribution in [0.1, 0.15) is 18.9 Å². The van der Waals surface area contributed by atoms with E-state index >= 15 is 0 Å². The molecule has 0 spiro atoms. The van der Waals surface area contributed by atoms with Crippen molar-refractivity contribution in [1.29, 1.82) is 0 Å². The molecule has 102 valence electrons. The van der Waals surface area contributed by atoms with Crippen molar-refractivity contribution in [3.05, 3.63) is 29.6 Å².